The first-order chi connectivity index (χ1) is 13.0. The molecule has 5 nitrogen and oxygen atoms in total. The number of nitrogens with one attached hydrogen (secondary N) is 1. The van der Waals surface area contributed by atoms with Crippen LogP contribution in [0.15, 0.2) is 30.5 Å². The van der Waals surface area contributed by atoms with Gasteiger partial charge in [0.2, 0.25) is 5.95 Å². The van der Waals surface area contributed by atoms with Gasteiger partial charge >= 0.3 is 0 Å². The molecule has 5 heteroatoms. The first-order valence-electron chi connectivity index (χ1n) is 10.2. The molecular weight excluding hydrogens is 334 g/mol. The predicted molar refractivity (Wildman–Crippen MR) is 114 cm³/mol. The maximum absolute atomic E-state index is 4.83. The number of anilines is 3. The van der Waals surface area contributed by atoms with E-state index in [1.54, 1.807) is 0 Å². The molecule has 1 aliphatic heterocycles. The Morgan fingerprint density at radius 1 is 0.963 bits per heavy atom. The van der Waals surface area contributed by atoms with Crippen molar-refractivity contribution in [1.82, 2.24) is 14.9 Å². The Balaban J connectivity index is 1.85. The number of hydrogen-bond acceptors (Lipinski definition) is 5. The van der Waals surface area contributed by atoms with Crippen LogP contribution in [-0.4, -0.2) is 47.6 Å². The third kappa shape index (κ3) is 4.59. The zero-order chi connectivity index (χ0) is 19.4. The van der Waals surface area contributed by atoms with Crippen LogP contribution < -0.4 is 10.2 Å². The van der Waals surface area contributed by atoms with Crippen molar-refractivity contribution in [1.29, 1.82) is 0 Å². The van der Waals surface area contributed by atoms with Gasteiger partial charge in [0.25, 0.3) is 0 Å². The zero-order valence-electron chi connectivity index (χ0n) is 17.4. The highest BCUT2D eigenvalue weighted by atomic mass is 15.3. The van der Waals surface area contributed by atoms with Crippen LogP contribution in [0.5, 0.6) is 0 Å². The summed E-state index contributed by atoms with van der Waals surface area (Å²) in [6, 6.07) is 8.55. The second-order valence-electron chi connectivity index (χ2n) is 7.91. The number of aromatic nitrogens is 2. The van der Waals surface area contributed by atoms with E-state index in [-0.39, 0.29) is 0 Å². The summed E-state index contributed by atoms with van der Waals surface area (Å²) in [6.07, 6.45) is 1.86. The second-order valence-corrected chi connectivity index (χ2v) is 7.91. The minimum atomic E-state index is 0.453. The van der Waals surface area contributed by atoms with Crippen molar-refractivity contribution in [2.45, 2.75) is 46.5 Å². The Kier molecular flexibility index (Phi) is 6.32. The van der Waals surface area contributed by atoms with Gasteiger partial charge in [-0.05, 0) is 35.6 Å². The van der Waals surface area contributed by atoms with E-state index in [2.05, 4.69) is 72.9 Å². The Morgan fingerprint density at radius 3 is 2.15 bits per heavy atom. The first-order valence-corrected chi connectivity index (χ1v) is 10.2. The summed E-state index contributed by atoms with van der Waals surface area (Å²) < 4.78 is 0. The molecule has 0 spiro atoms. The average molecular weight is 368 g/mol. The molecular formula is C22H33N5. The van der Waals surface area contributed by atoms with Crippen LogP contribution in [0.2, 0.25) is 0 Å². The summed E-state index contributed by atoms with van der Waals surface area (Å²) in [5.74, 6) is 2.60. The summed E-state index contributed by atoms with van der Waals surface area (Å²) >= 11 is 0. The van der Waals surface area contributed by atoms with E-state index in [1.807, 2.05) is 12.3 Å². The number of likely N-dealkylation sites (N-methyl/N-ethyl adjacent to an activating group) is 1. The van der Waals surface area contributed by atoms with Crippen LogP contribution in [-0.2, 0) is 0 Å². The topological polar surface area (TPSA) is 44.3 Å². The molecule has 2 heterocycles. The van der Waals surface area contributed by atoms with E-state index < -0.39 is 0 Å². The quantitative estimate of drug-likeness (QED) is 0.808. The molecule has 0 atom stereocenters. The van der Waals surface area contributed by atoms with Crippen molar-refractivity contribution < 1.29 is 0 Å². The zero-order valence-corrected chi connectivity index (χ0v) is 17.4. The lowest BCUT2D eigenvalue weighted by Crippen LogP contribution is -2.46. The van der Waals surface area contributed by atoms with Crippen molar-refractivity contribution in [2.24, 2.45) is 0 Å². The highest BCUT2D eigenvalue weighted by molar-refractivity contribution is 5.67. The van der Waals surface area contributed by atoms with Gasteiger partial charge in [0.15, 0.2) is 0 Å². The largest absolute Gasteiger partial charge is 0.340 e. The van der Waals surface area contributed by atoms with Crippen LogP contribution in [0.4, 0.5) is 17.5 Å². The fraction of sp³-hybridized carbons (Fsp3) is 0.545. The molecule has 0 radical (unpaired) electrons. The van der Waals surface area contributed by atoms with Gasteiger partial charge in [-0.2, -0.15) is 4.98 Å². The third-order valence-electron chi connectivity index (χ3n) is 5.37. The standard InChI is InChI=1S/C22H33N5/c1-6-26-12-14-27(15-13-26)22-23-11-10-20(25-22)24-21-18(16(2)3)8-7-9-19(21)17(4)5/h7-11,16-17H,6,12-15H2,1-5H3,(H,23,24,25). The smallest absolute Gasteiger partial charge is 0.227 e. The first kappa shape index (κ1) is 19.6. The Morgan fingerprint density at radius 2 is 1.59 bits per heavy atom. The number of para-hydroxylation sites is 1. The average Bonchev–Trinajstić information content (AvgIpc) is 2.68. The molecule has 1 fully saturated rings. The predicted octanol–water partition coefficient (Wildman–Crippen LogP) is 4.61. The molecule has 0 amide bonds. The molecule has 27 heavy (non-hydrogen) atoms. The molecule has 1 saturated heterocycles. The summed E-state index contributed by atoms with van der Waals surface area (Å²) in [7, 11) is 0. The number of piperazine rings is 1. The van der Waals surface area contributed by atoms with Crippen LogP contribution in [0.25, 0.3) is 0 Å². The molecule has 1 aromatic carbocycles. The molecule has 0 unspecified atom stereocenters. The summed E-state index contributed by atoms with van der Waals surface area (Å²) in [4.78, 5) is 14.1. The second kappa shape index (κ2) is 8.70. The van der Waals surface area contributed by atoms with Crippen LogP contribution in [0.3, 0.4) is 0 Å². The van der Waals surface area contributed by atoms with E-state index in [4.69, 9.17) is 4.98 Å². The Labute approximate surface area is 163 Å². The minimum absolute atomic E-state index is 0.453. The Bertz CT molecular complexity index is 722. The van der Waals surface area contributed by atoms with E-state index in [9.17, 15) is 0 Å². The van der Waals surface area contributed by atoms with Gasteiger partial charge in [0, 0.05) is 38.1 Å². The molecule has 1 aromatic heterocycles. The normalized spacial score (nSPS) is 15.6. The summed E-state index contributed by atoms with van der Waals surface area (Å²) in [5, 5.41) is 3.62. The summed E-state index contributed by atoms with van der Waals surface area (Å²) in [5.41, 5.74) is 3.86. The summed E-state index contributed by atoms with van der Waals surface area (Å²) in [6.45, 7) is 16.4. The van der Waals surface area contributed by atoms with Crippen molar-refractivity contribution in [3.63, 3.8) is 0 Å². The maximum atomic E-state index is 4.83. The third-order valence-corrected chi connectivity index (χ3v) is 5.37. The van der Waals surface area contributed by atoms with Crippen molar-refractivity contribution in [3.05, 3.63) is 41.6 Å². The number of benzene rings is 1. The molecule has 0 saturated carbocycles. The number of rotatable bonds is 6. The molecule has 1 aliphatic rings. The van der Waals surface area contributed by atoms with Gasteiger partial charge in [0.05, 0.1) is 0 Å². The van der Waals surface area contributed by atoms with Gasteiger partial charge in [-0.3, -0.25) is 0 Å². The van der Waals surface area contributed by atoms with Gasteiger partial charge < -0.3 is 15.1 Å². The van der Waals surface area contributed by atoms with Crippen molar-refractivity contribution in [3.8, 4) is 0 Å². The fourth-order valence-corrected chi connectivity index (χ4v) is 3.66. The van der Waals surface area contributed by atoms with Gasteiger partial charge in [-0.25, -0.2) is 4.98 Å². The Hall–Kier alpha value is -2.14. The minimum Gasteiger partial charge on any atom is -0.340 e. The highest BCUT2D eigenvalue weighted by Gasteiger charge is 2.19. The van der Waals surface area contributed by atoms with Gasteiger partial charge in [-0.1, -0.05) is 52.8 Å². The van der Waals surface area contributed by atoms with Crippen LogP contribution >= 0.6 is 0 Å². The highest BCUT2D eigenvalue weighted by Crippen LogP contribution is 2.34. The molecule has 1 N–H and O–H groups in total. The lowest BCUT2D eigenvalue weighted by molar-refractivity contribution is 0.270. The maximum Gasteiger partial charge on any atom is 0.227 e. The fourth-order valence-electron chi connectivity index (χ4n) is 3.66. The van der Waals surface area contributed by atoms with Crippen molar-refractivity contribution >= 4 is 17.5 Å². The van der Waals surface area contributed by atoms with E-state index in [0.29, 0.717) is 11.8 Å². The lowest BCUT2D eigenvalue weighted by atomic mass is 9.92. The lowest BCUT2D eigenvalue weighted by Gasteiger charge is -2.34. The van der Waals surface area contributed by atoms with E-state index >= 15 is 0 Å². The van der Waals surface area contributed by atoms with E-state index in [1.165, 1.54) is 16.8 Å². The van der Waals surface area contributed by atoms with Crippen LogP contribution in [0, 0.1) is 0 Å². The van der Waals surface area contributed by atoms with Crippen LogP contribution in [0.1, 0.15) is 57.6 Å². The number of hydrogen-bond donors (Lipinski definition) is 1. The number of nitrogens with zero attached hydrogens (tertiary/aromatic N) is 4. The monoisotopic (exact) mass is 367 g/mol. The van der Waals surface area contributed by atoms with Gasteiger partial charge in [0.1, 0.15) is 5.82 Å². The molecule has 0 aliphatic carbocycles. The molecule has 146 valence electrons. The van der Waals surface area contributed by atoms with Crippen molar-refractivity contribution in [2.75, 3.05) is 42.9 Å². The van der Waals surface area contributed by atoms with E-state index in [0.717, 1.165) is 44.5 Å². The molecule has 0 bridgehead atoms. The SMILES string of the molecule is CCN1CCN(c2nccc(Nc3c(C(C)C)cccc3C(C)C)n2)CC1. The molecule has 2 aromatic rings. The van der Waals surface area contributed by atoms with Gasteiger partial charge in [-0.15, -0.1) is 0 Å². The molecule has 3 rings (SSSR count).